The summed E-state index contributed by atoms with van der Waals surface area (Å²) in [6.45, 7) is 4.48. The van der Waals surface area contributed by atoms with Gasteiger partial charge in [0.1, 0.15) is 11.6 Å². The third-order valence-electron chi connectivity index (χ3n) is 4.79. The van der Waals surface area contributed by atoms with Crippen molar-refractivity contribution in [1.29, 1.82) is 5.26 Å². The number of ether oxygens (including phenoxy) is 1. The second-order valence-corrected chi connectivity index (χ2v) is 6.55. The molecule has 2 aromatic rings. The summed E-state index contributed by atoms with van der Waals surface area (Å²) in [6.07, 6.45) is 2.49. The van der Waals surface area contributed by atoms with Crippen molar-refractivity contribution in [3.8, 4) is 11.9 Å². The number of nitrogens with zero attached hydrogens (tertiary/aromatic N) is 4. The Morgan fingerprint density at radius 2 is 2.07 bits per heavy atom. The molecule has 0 amide bonds. The van der Waals surface area contributed by atoms with Crippen LogP contribution in [0.4, 0.5) is 11.4 Å². The van der Waals surface area contributed by atoms with Gasteiger partial charge in [0, 0.05) is 12.2 Å². The molecule has 2 heterocycles. The first-order chi connectivity index (χ1) is 13.0. The Labute approximate surface area is 157 Å². The summed E-state index contributed by atoms with van der Waals surface area (Å²) in [7, 11) is 0. The number of aromatic nitrogens is 1. The minimum absolute atomic E-state index is 0.0304. The van der Waals surface area contributed by atoms with E-state index in [-0.39, 0.29) is 29.8 Å². The third-order valence-corrected chi connectivity index (χ3v) is 4.79. The monoisotopic (exact) mass is 366 g/mol. The lowest BCUT2D eigenvalue weighted by atomic mass is 10.1. The number of azo groups is 1. The highest BCUT2D eigenvalue weighted by molar-refractivity contribution is 5.56. The summed E-state index contributed by atoms with van der Waals surface area (Å²) in [4.78, 5) is 12.9. The Morgan fingerprint density at radius 1 is 1.33 bits per heavy atom. The molecule has 0 spiro atoms. The van der Waals surface area contributed by atoms with E-state index in [1.54, 1.807) is 6.92 Å². The van der Waals surface area contributed by atoms with E-state index in [1.165, 1.54) is 5.56 Å². The smallest absolute Gasteiger partial charge is 0.281 e. The molecule has 1 unspecified atom stereocenters. The molecule has 27 heavy (non-hydrogen) atoms. The topological polar surface area (TPSA) is 100.0 Å². The zero-order chi connectivity index (χ0) is 19.4. The van der Waals surface area contributed by atoms with Gasteiger partial charge in [0.15, 0.2) is 5.69 Å². The molecule has 1 saturated heterocycles. The van der Waals surface area contributed by atoms with E-state index >= 15 is 0 Å². The number of aromatic hydroxyl groups is 1. The Kier molecular flexibility index (Phi) is 5.67. The summed E-state index contributed by atoms with van der Waals surface area (Å²) in [5.74, 6) is -0.346. The number of hydrogen-bond donors (Lipinski definition) is 1. The van der Waals surface area contributed by atoms with Crippen molar-refractivity contribution < 1.29 is 9.84 Å². The Bertz CT molecular complexity index is 949. The lowest BCUT2D eigenvalue weighted by Crippen LogP contribution is -2.27. The molecule has 1 aromatic heterocycles. The predicted octanol–water partition coefficient (Wildman–Crippen LogP) is 3.89. The molecule has 7 nitrogen and oxygen atoms in total. The van der Waals surface area contributed by atoms with Gasteiger partial charge < -0.3 is 9.84 Å². The van der Waals surface area contributed by atoms with E-state index in [4.69, 9.17) is 4.74 Å². The van der Waals surface area contributed by atoms with Crippen LogP contribution in [0.5, 0.6) is 5.88 Å². The van der Waals surface area contributed by atoms with Crippen LogP contribution < -0.4 is 5.56 Å². The Hall–Kier alpha value is -2.98. The van der Waals surface area contributed by atoms with Crippen LogP contribution in [0.15, 0.2) is 39.3 Å². The highest BCUT2D eigenvalue weighted by Crippen LogP contribution is 2.28. The summed E-state index contributed by atoms with van der Waals surface area (Å²) < 4.78 is 6.72. The van der Waals surface area contributed by atoms with Gasteiger partial charge >= 0.3 is 0 Å². The zero-order valence-electron chi connectivity index (χ0n) is 15.5. The van der Waals surface area contributed by atoms with Crippen molar-refractivity contribution in [3.05, 3.63) is 51.3 Å². The molecule has 0 radical (unpaired) electrons. The first kappa shape index (κ1) is 18.8. The second-order valence-electron chi connectivity index (χ2n) is 6.55. The molecule has 3 rings (SSSR count). The molecular weight excluding hydrogens is 344 g/mol. The lowest BCUT2D eigenvalue weighted by molar-refractivity contribution is 0.0939. The van der Waals surface area contributed by atoms with Gasteiger partial charge in [0.25, 0.3) is 5.56 Å². The van der Waals surface area contributed by atoms with E-state index in [2.05, 4.69) is 17.2 Å². The summed E-state index contributed by atoms with van der Waals surface area (Å²) in [5.41, 5.74) is 1.72. The molecule has 140 valence electrons. The standard InChI is InChI=1S/C20H22N4O3/c1-3-14-6-8-15(9-7-14)22-23-18-13(2)17(11-21)19(25)24(20(18)26)12-16-5-4-10-27-16/h6-9,16,25H,3-5,10,12H2,1-2H3. The van der Waals surface area contributed by atoms with Crippen molar-refractivity contribution in [1.82, 2.24) is 4.57 Å². The van der Waals surface area contributed by atoms with Gasteiger partial charge in [-0.25, -0.2) is 0 Å². The minimum Gasteiger partial charge on any atom is -0.493 e. The average molecular weight is 366 g/mol. The summed E-state index contributed by atoms with van der Waals surface area (Å²) >= 11 is 0. The maximum Gasteiger partial charge on any atom is 0.281 e. The van der Waals surface area contributed by atoms with Gasteiger partial charge in [-0.05, 0) is 43.9 Å². The van der Waals surface area contributed by atoms with Crippen LogP contribution in [0.25, 0.3) is 0 Å². The molecule has 1 atom stereocenters. The zero-order valence-corrected chi connectivity index (χ0v) is 15.5. The number of aryl methyl sites for hydroxylation is 1. The molecular formula is C20H22N4O3. The van der Waals surface area contributed by atoms with Crippen LogP contribution in [0.1, 0.15) is 36.5 Å². The van der Waals surface area contributed by atoms with Gasteiger partial charge in [-0.1, -0.05) is 19.1 Å². The SMILES string of the molecule is CCc1ccc(N=Nc2c(C)c(C#N)c(O)n(CC3CCCO3)c2=O)cc1. The maximum absolute atomic E-state index is 12.9. The second kappa shape index (κ2) is 8.14. The first-order valence-corrected chi connectivity index (χ1v) is 9.03. The molecule has 7 heteroatoms. The molecule has 1 aliphatic rings. The molecule has 1 N–H and O–H groups in total. The Morgan fingerprint density at radius 3 is 2.67 bits per heavy atom. The van der Waals surface area contributed by atoms with Crippen LogP contribution in [0.2, 0.25) is 0 Å². The largest absolute Gasteiger partial charge is 0.493 e. The van der Waals surface area contributed by atoms with Crippen molar-refractivity contribution >= 4 is 11.4 Å². The van der Waals surface area contributed by atoms with Crippen molar-refractivity contribution in [3.63, 3.8) is 0 Å². The molecule has 1 fully saturated rings. The van der Waals surface area contributed by atoms with Gasteiger partial charge in [-0.15, -0.1) is 5.11 Å². The van der Waals surface area contributed by atoms with Crippen LogP contribution in [-0.2, 0) is 17.7 Å². The number of benzene rings is 1. The van der Waals surface area contributed by atoms with Crippen molar-refractivity contribution in [2.75, 3.05) is 6.61 Å². The van der Waals surface area contributed by atoms with Crippen LogP contribution >= 0.6 is 0 Å². The quantitative estimate of drug-likeness (QED) is 0.811. The van der Waals surface area contributed by atoms with Gasteiger partial charge in [-0.2, -0.15) is 10.4 Å². The van der Waals surface area contributed by atoms with Crippen LogP contribution in [-0.4, -0.2) is 22.4 Å². The third kappa shape index (κ3) is 3.91. The fraction of sp³-hybridized carbons (Fsp3) is 0.400. The lowest BCUT2D eigenvalue weighted by Gasteiger charge is -2.16. The normalized spacial score (nSPS) is 16.7. The summed E-state index contributed by atoms with van der Waals surface area (Å²) in [5, 5.41) is 28.1. The van der Waals surface area contributed by atoms with E-state index < -0.39 is 5.56 Å². The molecule has 1 aliphatic heterocycles. The van der Waals surface area contributed by atoms with E-state index in [0.717, 1.165) is 23.8 Å². The van der Waals surface area contributed by atoms with E-state index in [0.29, 0.717) is 17.9 Å². The highest BCUT2D eigenvalue weighted by Gasteiger charge is 2.23. The molecule has 0 bridgehead atoms. The van der Waals surface area contributed by atoms with Crippen LogP contribution in [0, 0.1) is 18.3 Å². The number of rotatable bonds is 5. The highest BCUT2D eigenvalue weighted by atomic mass is 16.5. The molecule has 0 saturated carbocycles. The minimum atomic E-state index is -0.478. The molecule has 1 aromatic carbocycles. The summed E-state index contributed by atoms with van der Waals surface area (Å²) in [6, 6.07) is 9.52. The van der Waals surface area contributed by atoms with Gasteiger partial charge in [0.05, 0.1) is 18.3 Å². The van der Waals surface area contributed by atoms with Crippen molar-refractivity contribution in [2.24, 2.45) is 10.2 Å². The molecule has 0 aliphatic carbocycles. The van der Waals surface area contributed by atoms with E-state index in [1.807, 2.05) is 30.3 Å². The van der Waals surface area contributed by atoms with Gasteiger partial charge in [-0.3, -0.25) is 9.36 Å². The Balaban J connectivity index is 2.01. The predicted molar refractivity (Wildman–Crippen MR) is 101 cm³/mol. The van der Waals surface area contributed by atoms with Crippen LogP contribution in [0.3, 0.4) is 0 Å². The fourth-order valence-corrected chi connectivity index (χ4v) is 3.12. The van der Waals surface area contributed by atoms with Gasteiger partial charge in [0.2, 0.25) is 5.88 Å². The number of pyridine rings is 1. The maximum atomic E-state index is 12.9. The first-order valence-electron chi connectivity index (χ1n) is 9.03. The van der Waals surface area contributed by atoms with E-state index in [9.17, 15) is 15.2 Å². The number of nitriles is 1. The average Bonchev–Trinajstić information content (AvgIpc) is 3.19. The fourth-order valence-electron chi connectivity index (χ4n) is 3.12. The van der Waals surface area contributed by atoms with Crippen molar-refractivity contribution in [2.45, 2.75) is 45.8 Å². The number of hydrogen-bond acceptors (Lipinski definition) is 6.